The van der Waals surface area contributed by atoms with E-state index < -0.39 is 0 Å². The van der Waals surface area contributed by atoms with E-state index in [-0.39, 0.29) is 11.8 Å². The highest BCUT2D eigenvalue weighted by Crippen LogP contribution is 2.17. The molecule has 132 valence electrons. The lowest BCUT2D eigenvalue weighted by molar-refractivity contribution is -0.147. The second-order valence-electron chi connectivity index (χ2n) is 5.66. The molecule has 0 aliphatic carbocycles. The summed E-state index contributed by atoms with van der Waals surface area (Å²) >= 11 is 1.59. The fourth-order valence-electron chi connectivity index (χ4n) is 2.31. The number of carbonyl (C=O) groups is 2. The Morgan fingerprint density at radius 2 is 2.04 bits per heavy atom. The second-order valence-corrected chi connectivity index (χ2v) is 6.50. The molecule has 0 atom stereocenters. The molecule has 9 heteroatoms. The van der Waals surface area contributed by atoms with Gasteiger partial charge in [0, 0.05) is 52.5 Å². The maximum absolute atomic E-state index is 11.7. The van der Waals surface area contributed by atoms with Crippen LogP contribution in [0.4, 0.5) is 5.13 Å². The van der Waals surface area contributed by atoms with Crippen LogP contribution in [0.5, 0.6) is 0 Å². The molecular formula is C15H24N6O2S. The molecule has 2 N–H and O–H groups in total. The largest absolute Gasteiger partial charge is 0.355 e. The van der Waals surface area contributed by atoms with Crippen molar-refractivity contribution in [1.29, 1.82) is 0 Å². The predicted molar refractivity (Wildman–Crippen MR) is 95.2 cm³/mol. The van der Waals surface area contributed by atoms with Crippen molar-refractivity contribution < 1.29 is 9.59 Å². The zero-order chi connectivity index (χ0) is 17.5. The Hall–Kier alpha value is -2.16. The number of carbonyl (C=O) groups excluding carboxylic acids is 2. The Morgan fingerprint density at radius 1 is 1.33 bits per heavy atom. The number of nitrogens with zero attached hydrogens (tertiary/aromatic N) is 4. The van der Waals surface area contributed by atoms with Crippen LogP contribution in [0.15, 0.2) is 10.4 Å². The number of imide groups is 1. The molecule has 2 heterocycles. The first-order valence-corrected chi connectivity index (χ1v) is 8.78. The quantitative estimate of drug-likeness (QED) is 0.438. The lowest BCUT2D eigenvalue weighted by Crippen LogP contribution is -2.46. The first-order valence-electron chi connectivity index (χ1n) is 7.90. The SMILES string of the molecule is CN=C(NCCN1C(=O)CCCC1=O)NCc1csc(N(C)C)n1. The molecular weight excluding hydrogens is 328 g/mol. The van der Waals surface area contributed by atoms with Crippen LogP contribution in [0, 0.1) is 0 Å². The highest BCUT2D eigenvalue weighted by Gasteiger charge is 2.25. The van der Waals surface area contributed by atoms with Gasteiger partial charge in [-0.3, -0.25) is 19.5 Å². The minimum Gasteiger partial charge on any atom is -0.355 e. The van der Waals surface area contributed by atoms with Crippen molar-refractivity contribution in [2.75, 3.05) is 39.1 Å². The first kappa shape index (κ1) is 18.2. The highest BCUT2D eigenvalue weighted by atomic mass is 32.1. The lowest BCUT2D eigenvalue weighted by atomic mass is 10.1. The van der Waals surface area contributed by atoms with Gasteiger partial charge in [0.2, 0.25) is 11.8 Å². The van der Waals surface area contributed by atoms with Gasteiger partial charge in [0.1, 0.15) is 0 Å². The average Bonchev–Trinajstić information content (AvgIpc) is 3.02. The molecule has 1 aromatic heterocycles. The van der Waals surface area contributed by atoms with E-state index in [1.54, 1.807) is 18.4 Å². The second kappa shape index (κ2) is 8.62. The van der Waals surface area contributed by atoms with Crippen molar-refractivity contribution in [2.24, 2.45) is 4.99 Å². The molecule has 0 bridgehead atoms. The summed E-state index contributed by atoms with van der Waals surface area (Å²) < 4.78 is 0. The number of hydrogen-bond acceptors (Lipinski definition) is 6. The Morgan fingerprint density at radius 3 is 2.62 bits per heavy atom. The van der Waals surface area contributed by atoms with Crippen LogP contribution in [-0.4, -0.2) is 61.9 Å². The molecule has 0 spiro atoms. The van der Waals surface area contributed by atoms with Crippen molar-refractivity contribution in [3.63, 3.8) is 0 Å². The zero-order valence-corrected chi connectivity index (χ0v) is 15.2. The summed E-state index contributed by atoms with van der Waals surface area (Å²) in [7, 11) is 5.60. The van der Waals surface area contributed by atoms with Gasteiger partial charge in [0.15, 0.2) is 11.1 Å². The molecule has 0 radical (unpaired) electrons. The van der Waals surface area contributed by atoms with Crippen molar-refractivity contribution in [3.8, 4) is 0 Å². The molecule has 1 aliphatic heterocycles. The summed E-state index contributed by atoms with van der Waals surface area (Å²) in [6, 6.07) is 0. The van der Waals surface area contributed by atoms with E-state index >= 15 is 0 Å². The van der Waals surface area contributed by atoms with Crippen molar-refractivity contribution in [1.82, 2.24) is 20.5 Å². The van der Waals surface area contributed by atoms with Gasteiger partial charge in [-0.2, -0.15) is 0 Å². The van der Waals surface area contributed by atoms with Crippen molar-refractivity contribution >= 4 is 34.2 Å². The number of nitrogens with one attached hydrogen (secondary N) is 2. The van der Waals surface area contributed by atoms with Crippen molar-refractivity contribution in [2.45, 2.75) is 25.8 Å². The standard InChI is InChI=1S/C15H24N6O2S/c1-16-14(18-9-11-10-24-15(19-11)20(2)3)17-7-8-21-12(22)5-4-6-13(21)23/h10H,4-9H2,1-3H3,(H2,16,17,18). The van der Waals surface area contributed by atoms with Gasteiger partial charge in [-0.25, -0.2) is 4.98 Å². The number of likely N-dealkylation sites (tertiary alicyclic amines) is 1. The number of piperidine rings is 1. The molecule has 1 aliphatic rings. The molecule has 0 unspecified atom stereocenters. The molecule has 1 saturated heterocycles. The molecule has 1 aromatic rings. The molecule has 0 aromatic carbocycles. The third-order valence-corrected chi connectivity index (χ3v) is 4.65. The van der Waals surface area contributed by atoms with E-state index in [9.17, 15) is 9.59 Å². The number of rotatable bonds is 6. The fourth-order valence-corrected chi connectivity index (χ4v) is 3.07. The maximum Gasteiger partial charge on any atom is 0.229 e. The van der Waals surface area contributed by atoms with E-state index in [1.165, 1.54) is 4.90 Å². The van der Waals surface area contributed by atoms with Crippen LogP contribution in [0.2, 0.25) is 0 Å². The Balaban J connectivity index is 1.76. The number of anilines is 1. The number of aliphatic imine (C=N–C) groups is 1. The van der Waals surface area contributed by atoms with Crippen LogP contribution in [0.3, 0.4) is 0 Å². The third-order valence-electron chi connectivity index (χ3n) is 3.59. The Bertz CT molecular complexity index is 597. The molecule has 0 saturated carbocycles. The van der Waals surface area contributed by atoms with Crippen LogP contribution >= 0.6 is 11.3 Å². The minimum atomic E-state index is -0.0883. The lowest BCUT2D eigenvalue weighted by Gasteiger charge is -2.25. The van der Waals surface area contributed by atoms with E-state index in [0.29, 0.717) is 44.9 Å². The van der Waals surface area contributed by atoms with Crippen LogP contribution in [-0.2, 0) is 16.1 Å². The molecule has 1 fully saturated rings. The summed E-state index contributed by atoms with van der Waals surface area (Å²) in [5.41, 5.74) is 0.938. The van der Waals surface area contributed by atoms with Gasteiger partial charge in [-0.15, -0.1) is 11.3 Å². The normalized spacial score (nSPS) is 15.6. The zero-order valence-electron chi connectivity index (χ0n) is 14.3. The summed E-state index contributed by atoms with van der Waals surface area (Å²) in [6.45, 7) is 1.39. The summed E-state index contributed by atoms with van der Waals surface area (Å²) in [5, 5.41) is 9.25. The fraction of sp³-hybridized carbons (Fsp3) is 0.600. The molecule has 2 amide bonds. The first-order chi connectivity index (χ1) is 11.5. The monoisotopic (exact) mass is 352 g/mol. The Labute approximate surface area is 146 Å². The van der Waals surface area contributed by atoms with Gasteiger partial charge in [0.25, 0.3) is 0 Å². The predicted octanol–water partition coefficient (Wildman–Crippen LogP) is 0.413. The number of aromatic nitrogens is 1. The van der Waals surface area contributed by atoms with E-state index in [4.69, 9.17) is 0 Å². The Kier molecular flexibility index (Phi) is 6.53. The van der Waals surface area contributed by atoms with Crippen LogP contribution in [0.1, 0.15) is 25.0 Å². The maximum atomic E-state index is 11.7. The van der Waals surface area contributed by atoms with Crippen molar-refractivity contribution in [3.05, 3.63) is 11.1 Å². The van der Waals surface area contributed by atoms with Gasteiger partial charge in [0.05, 0.1) is 12.2 Å². The third kappa shape index (κ3) is 4.92. The average molecular weight is 352 g/mol. The van der Waals surface area contributed by atoms with Gasteiger partial charge in [-0.05, 0) is 6.42 Å². The van der Waals surface area contributed by atoms with E-state index in [2.05, 4.69) is 20.6 Å². The number of hydrogen-bond donors (Lipinski definition) is 2. The van der Waals surface area contributed by atoms with E-state index in [1.807, 2.05) is 24.4 Å². The van der Waals surface area contributed by atoms with Gasteiger partial charge < -0.3 is 15.5 Å². The van der Waals surface area contributed by atoms with Gasteiger partial charge >= 0.3 is 0 Å². The summed E-state index contributed by atoms with van der Waals surface area (Å²) in [5.74, 6) is 0.440. The van der Waals surface area contributed by atoms with E-state index in [0.717, 1.165) is 10.8 Å². The van der Waals surface area contributed by atoms with Gasteiger partial charge in [-0.1, -0.05) is 0 Å². The smallest absolute Gasteiger partial charge is 0.229 e. The minimum absolute atomic E-state index is 0.0883. The summed E-state index contributed by atoms with van der Waals surface area (Å²) in [6.07, 6.45) is 1.57. The summed E-state index contributed by atoms with van der Waals surface area (Å²) in [4.78, 5) is 35.4. The highest BCUT2D eigenvalue weighted by molar-refractivity contribution is 7.13. The van der Waals surface area contributed by atoms with Crippen LogP contribution in [0.25, 0.3) is 0 Å². The molecule has 2 rings (SSSR count). The number of thiazole rings is 1. The molecule has 8 nitrogen and oxygen atoms in total. The van der Waals surface area contributed by atoms with Crippen LogP contribution < -0.4 is 15.5 Å². The topological polar surface area (TPSA) is 89.9 Å². The molecule has 24 heavy (non-hydrogen) atoms. The number of guanidine groups is 1. The number of amides is 2.